The number of aromatic nitrogens is 1. The molecule has 0 radical (unpaired) electrons. The number of aryl methyl sites for hydroxylation is 2. The molecule has 208 valence electrons. The SMILES string of the molecule is CCOC(=O)N1CCN(S(=O)(=O)c2ccc(C(=O)N3CCN(c4nc5c(C)cc(C)cc5s4)CC3)cc2)CC1. The van der Waals surface area contributed by atoms with E-state index < -0.39 is 16.1 Å². The molecule has 2 aliphatic heterocycles. The monoisotopic (exact) mass is 571 g/mol. The highest BCUT2D eigenvalue weighted by molar-refractivity contribution is 7.89. The molecular weight excluding hydrogens is 538 g/mol. The summed E-state index contributed by atoms with van der Waals surface area (Å²) in [7, 11) is -3.73. The lowest BCUT2D eigenvalue weighted by molar-refractivity contribution is 0.0746. The van der Waals surface area contributed by atoms with E-state index in [0.29, 0.717) is 31.7 Å². The summed E-state index contributed by atoms with van der Waals surface area (Å²) in [6.45, 7) is 9.63. The van der Waals surface area contributed by atoms with Gasteiger partial charge in [-0.25, -0.2) is 18.2 Å². The molecule has 0 bridgehead atoms. The second-order valence-electron chi connectivity index (χ2n) is 9.82. The number of carbonyl (C=O) groups excluding carboxylic acids is 2. The Hall–Kier alpha value is -3.22. The smallest absolute Gasteiger partial charge is 0.409 e. The fourth-order valence-corrected chi connectivity index (χ4v) is 7.64. The molecular formula is C27H33N5O5S2. The summed E-state index contributed by atoms with van der Waals surface area (Å²) in [6.07, 6.45) is -0.427. The zero-order valence-electron chi connectivity index (χ0n) is 22.4. The Morgan fingerprint density at radius 2 is 1.56 bits per heavy atom. The molecule has 0 unspecified atom stereocenters. The summed E-state index contributed by atoms with van der Waals surface area (Å²) in [5, 5.41) is 0.975. The summed E-state index contributed by atoms with van der Waals surface area (Å²) >= 11 is 1.68. The minimum Gasteiger partial charge on any atom is -0.450 e. The second kappa shape index (κ2) is 11.1. The predicted molar refractivity (Wildman–Crippen MR) is 151 cm³/mol. The van der Waals surface area contributed by atoms with E-state index in [0.717, 1.165) is 10.6 Å². The number of thiazole rings is 1. The van der Waals surface area contributed by atoms with Gasteiger partial charge in [-0.15, -0.1) is 0 Å². The summed E-state index contributed by atoms with van der Waals surface area (Å²) in [4.78, 5) is 35.6. The van der Waals surface area contributed by atoms with E-state index in [9.17, 15) is 18.0 Å². The number of carbonyl (C=O) groups is 2. The molecule has 2 aromatic carbocycles. The lowest BCUT2D eigenvalue weighted by Gasteiger charge is -2.34. The molecule has 2 fully saturated rings. The Kier molecular flexibility index (Phi) is 7.79. The van der Waals surface area contributed by atoms with Gasteiger partial charge in [0.15, 0.2) is 5.13 Å². The summed E-state index contributed by atoms with van der Waals surface area (Å²) in [6, 6.07) is 10.4. The van der Waals surface area contributed by atoms with Crippen molar-refractivity contribution in [3.8, 4) is 0 Å². The maximum atomic E-state index is 13.2. The fraction of sp³-hybridized carbons (Fsp3) is 0.444. The average Bonchev–Trinajstić information content (AvgIpc) is 3.37. The van der Waals surface area contributed by atoms with Gasteiger partial charge >= 0.3 is 6.09 Å². The normalized spacial score (nSPS) is 17.1. The van der Waals surface area contributed by atoms with Crippen LogP contribution in [-0.4, -0.2) is 98.5 Å². The molecule has 0 atom stereocenters. The van der Waals surface area contributed by atoms with Crippen molar-refractivity contribution in [3.63, 3.8) is 0 Å². The number of hydrogen-bond acceptors (Lipinski definition) is 8. The van der Waals surface area contributed by atoms with E-state index in [2.05, 4.69) is 30.9 Å². The minimum absolute atomic E-state index is 0.114. The first-order valence-corrected chi connectivity index (χ1v) is 15.4. The van der Waals surface area contributed by atoms with Gasteiger partial charge in [-0.1, -0.05) is 17.4 Å². The lowest BCUT2D eigenvalue weighted by atomic mass is 10.1. The first-order valence-electron chi connectivity index (χ1n) is 13.1. The highest BCUT2D eigenvalue weighted by Gasteiger charge is 2.31. The van der Waals surface area contributed by atoms with Crippen LogP contribution in [0.5, 0.6) is 0 Å². The van der Waals surface area contributed by atoms with Crippen LogP contribution in [0.25, 0.3) is 10.2 Å². The third-order valence-electron chi connectivity index (χ3n) is 7.16. The van der Waals surface area contributed by atoms with Gasteiger partial charge in [-0.05, 0) is 62.2 Å². The third kappa shape index (κ3) is 5.59. The molecule has 39 heavy (non-hydrogen) atoms. The highest BCUT2D eigenvalue weighted by Crippen LogP contribution is 2.32. The van der Waals surface area contributed by atoms with Crippen molar-refractivity contribution in [2.75, 3.05) is 63.9 Å². The van der Waals surface area contributed by atoms with E-state index in [1.54, 1.807) is 35.3 Å². The Bertz CT molecular complexity index is 1470. The van der Waals surface area contributed by atoms with Crippen LogP contribution in [0.1, 0.15) is 28.4 Å². The number of piperazine rings is 2. The van der Waals surface area contributed by atoms with Gasteiger partial charge in [0.1, 0.15) is 0 Å². The zero-order valence-corrected chi connectivity index (χ0v) is 24.1. The van der Waals surface area contributed by atoms with Crippen molar-refractivity contribution >= 4 is 48.7 Å². The van der Waals surface area contributed by atoms with Crippen LogP contribution in [-0.2, 0) is 14.8 Å². The van der Waals surface area contributed by atoms with E-state index >= 15 is 0 Å². The number of benzene rings is 2. The zero-order chi connectivity index (χ0) is 27.7. The molecule has 10 nitrogen and oxygen atoms in total. The van der Waals surface area contributed by atoms with Crippen molar-refractivity contribution in [2.45, 2.75) is 25.7 Å². The van der Waals surface area contributed by atoms with Gasteiger partial charge in [-0.3, -0.25) is 4.79 Å². The third-order valence-corrected chi connectivity index (χ3v) is 10.1. The number of hydrogen-bond donors (Lipinski definition) is 0. The van der Waals surface area contributed by atoms with Crippen LogP contribution < -0.4 is 4.90 Å². The van der Waals surface area contributed by atoms with Crippen LogP contribution in [0.3, 0.4) is 0 Å². The Morgan fingerprint density at radius 1 is 0.923 bits per heavy atom. The van der Waals surface area contributed by atoms with Gasteiger partial charge in [0.2, 0.25) is 10.0 Å². The van der Waals surface area contributed by atoms with Gasteiger partial charge in [0.05, 0.1) is 21.7 Å². The maximum Gasteiger partial charge on any atom is 0.409 e. The Labute approximate surface area is 232 Å². The van der Waals surface area contributed by atoms with Gasteiger partial charge in [0, 0.05) is 57.9 Å². The van der Waals surface area contributed by atoms with Crippen molar-refractivity contribution in [3.05, 3.63) is 53.1 Å². The molecule has 3 heterocycles. The van der Waals surface area contributed by atoms with Crippen LogP contribution in [0, 0.1) is 13.8 Å². The van der Waals surface area contributed by atoms with E-state index in [4.69, 9.17) is 9.72 Å². The first-order chi connectivity index (χ1) is 18.7. The largest absolute Gasteiger partial charge is 0.450 e. The molecule has 0 saturated carbocycles. The summed E-state index contributed by atoms with van der Waals surface area (Å²) in [5.74, 6) is -0.114. The lowest BCUT2D eigenvalue weighted by Crippen LogP contribution is -2.50. The second-order valence-corrected chi connectivity index (χ2v) is 12.8. The van der Waals surface area contributed by atoms with Crippen LogP contribution >= 0.6 is 11.3 Å². The Balaban J connectivity index is 1.19. The number of amides is 2. The highest BCUT2D eigenvalue weighted by atomic mass is 32.2. The number of fused-ring (bicyclic) bond motifs is 1. The molecule has 5 rings (SSSR count). The van der Waals surface area contributed by atoms with Crippen molar-refractivity contribution < 1.29 is 22.7 Å². The summed E-state index contributed by atoms with van der Waals surface area (Å²) in [5.41, 5.74) is 3.89. The molecule has 1 aromatic heterocycles. The first kappa shape index (κ1) is 27.4. The average molecular weight is 572 g/mol. The predicted octanol–water partition coefficient (Wildman–Crippen LogP) is 3.34. The van der Waals surface area contributed by atoms with Crippen molar-refractivity contribution in [1.82, 2.24) is 19.1 Å². The maximum absolute atomic E-state index is 13.2. The number of sulfonamides is 1. The molecule has 0 spiro atoms. The summed E-state index contributed by atoms with van der Waals surface area (Å²) < 4.78 is 33.8. The number of nitrogens with zero attached hydrogens (tertiary/aromatic N) is 5. The van der Waals surface area contributed by atoms with Crippen LogP contribution in [0.4, 0.5) is 9.93 Å². The Morgan fingerprint density at radius 3 is 2.21 bits per heavy atom. The van der Waals surface area contributed by atoms with Crippen molar-refractivity contribution in [2.24, 2.45) is 0 Å². The molecule has 2 saturated heterocycles. The number of anilines is 1. The fourth-order valence-electron chi connectivity index (χ4n) is 5.02. The molecule has 12 heteroatoms. The number of ether oxygens (including phenoxy) is 1. The van der Waals surface area contributed by atoms with Gasteiger partial charge < -0.3 is 19.4 Å². The van der Waals surface area contributed by atoms with Crippen LogP contribution in [0.15, 0.2) is 41.3 Å². The molecule has 0 N–H and O–H groups in total. The van der Waals surface area contributed by atoms with E-state index in [1.165, 1.54) is 37.2 Å². The van der Waals surface area contributed by atoms with Gasteiger partial charge in [-0.2, -0.15) is 4.31 Å². The van der Waals surface area contributed by atoms with E-state index in [1.807, 2.05) is 0 Å². The molecule has 0 aliphatic carbocycles. The quantitative estimate of drug-likeness (QED) is 0.463. The molecule has 2 aliphatic rings. The molecule has 3 aromatic rings. The van der Waals surface area contributed by atoms with E-state index in [-0.39, 0.29) is 43.6 Å². The molecule has 2 amide bonds. The van der Waals surface area contributed by atoms with Gasteiger partial charge in [0.25, 0.3) is 5.91 Å². The standard InChI is InChI=1S/C27H33N5O5S2/c1-4-37-27(34)31-13-15-32(16-14-31)39(35,36)22-7-5-21(6-8-22)25(33)29-9-11-30(12-10-29)26-28-24-20(3)17-19(2)18-23(24)38-26/h5-8,17-18H,4,9-16H2,1-3H3. The van der Waals surface area contributed by atoms with Crippen LogP contribution in [0.2, 0.25) is 0 Å². The number of rotatable bonds is 5. The minimum atomic E-state index is -3.73. The van der Waals surface area contributed by atoms with Crippen molar-refractivity contribution in [1.29, 1.82) is 0 Å². The topological polar surface area (TPSA) is 103 Å².